The van der Waals surface area contributed by atoms with Crippen molar-refractivity contribution in [1.82, 2.24) is 0 Å². The number of nitro benzene ring substituents is 2. The topological polar surface area (TPSA) is 119 Å². The lowest BCUT2D eigenvalue weighted by Gasteiger charge is -2.35. The molecule has 0 bridgehead atoms. The van der Waals surface area contributed by atoms with Crippen LogP contribution in [0.3, 0.4) is 0 Å². The molecule has 9 nitrogen and oxygen atoms in total. The molecule has 3 rings (SSSR count). The number of piperidine rings is 1. The lowest BCUT2D eigenvalue weighted by atomic mass is 9.89. The van der Waals surface area contributed by atoms with E-state index in [-0.39, 0.29) is 34.3 Å². The largest absolute Gasteiger partial charge is 0.392 e. The maximum Gasteiger partial charge on any atom is 0.302 e. The second-order valence-electron chi connectivity index (χ2n) is 6.93. The van der Waals surface area contributed by atoms with E-state index < -0.39 is 16.5 Å². The molecule has 0 spiro atoms. The predicted octanol–water partition coefficient (Wildman–Crippen LogP) is 2.70. The fourth-order valence-corrected chi connectivity index (χ4v) is 4.10. The van der Waals surface area contributed by atoms with Crippen LogP contribution in [0.25, 0.3) is 0 Å². The first kappa shape index (κ1) is 18.5. The lowest BCUT2D eigenvalue weighted by Crippen LogP contribution is -2.38. The van der Waals surface area contributed by atoms with Gasteiger partial charge in [0.15, 0.2) is 5.69 Å². The van der Waals surface area contributed by atoms with Crippen LogP contribution in [0.15, 0.2) is 6.07 Å². The van der Waals surface area contributed by atoms with Gasteiger partial charge in [-0.15, -0.1) is 0 Å². The molecule has 2 saturated heterocycles. The highest BCUT2D eigenvalue weighted by molar-refractivity contribution is 5.79. The van der Waals surface area contributed by atoms with E-state index in [1.807, 2.05) is 0 Å². The summed E-state index contributed by atoms with van der Waals surface area (Å²) in [6, 6.07) is 1.25. The fraction of sp³-hybridized carbons (Fsp3) is 0.647. The molecule has 0 aromatic heterocycles. The number of nitrogens with zero attached hydrogens (tertiary/aromatic N) is 3. The molecule has 9 heteroatoms. The van der Waals surface area contributed by atoms with Crippen molar-refractivity contribution in [2.45, 2.75) is 45.3 Å². The van der Waals surface area contributed by atoms with Crippen LogP contribution in [0.4, 0.5) is 17.1 Å². The van der Waals surface area contributed by atoms with Crippen LogP contribution < -0.4 is 4.90 Å². The minimum absolute atomic E-state index is 0.0560. The summed E-state index contributed by atoms with van der Waals surface area (Å²) < 4.78 is 5.74. The van der Waals surface area contributed by atoms with Gasteiger partial charge in [-0.25, -0.2) is 0 Å². The summed E-state index contributed by atoms with van der Waals surface area (Å²) in [5.41, 5.74) is -0.0537. The molecule has 142 valence electrons. The Morgan fingerprint density at radius 3 is 2.42 bits per heavy atom. The number of ether oxygens (including phenoxy) is 1. The summed E-state index contributed by atoms with van der Waals surface area (Å²) in [6.07, 6.45) is 3.92. The Kier molecular flexibility index (Phi) is 5.38. The zero-order valence-corrected chi connectivity index (χ0v) is 14.7. The fourth-order valence-electron chi connectivity index (χ4n) is 4.10. The van der Waals surface area contributed by atoms with Crippen LogP contribution in [0.2, 0.25) is 0 Å². The molecule has 0 saturated carbocycles. The summed E-state index contributed by atoms with van der Waals surface area (Å²) in [7, 11) is 0. The maximum absolute atomic E-state index is 11.7. The van der Waals surface area contributed by atoms with Crippen LogP contribution in [-0.4, -0.2) is 40.8 Å². The molecule has 1 aromatic carbocycles. The zero-order chi connectivity index (χ0) is 18.8. The van der Waals surface area contributed by atoms with E-state index in [9.17, 15) is 25.3 Å². The van der Waals surface area contributed by atoms with Gasteiger partial charge in [-0.3, -0.25) is 20.2 Å². The molecule has 26 heavy (non-hydrogen) atoms. The molecular weight excluding hydrogens is 342 g/mol. The van der Waals surface area contributed by atoms with Crippen molar-refractivity contribution in [2.75, 3.05) is 24.6 Å². The number of aliphatic hydroxyl groups is 1. The van der Waals surface area contributed by atoms with Gasteiger partial charge in [0.2, 0.25) is 0 Å². The van der Waals surface area contributed by atoms with Crippen molar-refractivity contribution in [3.05, 3.63) is 37.4 Å². The first-order valence-electron chi connectivity index (χ1n) is 8.86. The second kappa shape index (κ2) is 7.55. The summed E-state index contributed by atoms with van der Waals surface area (Å²) in [5.74, 6) is 0.393. The number of aliphatic hydroxyl groups excluding tert-OH is 1. The Labute approximate surface area is 150 Å². The average Bonchev–Trinajstić information content (AvgIpc) is 3.15. The Bertz CT molecular complexity index is 709. The third kappa shape index (κ3) is 3.36. The van der Waals surface area contributed by atoms with Crippen LogP contribution in [0, 0.1) is 33.1 Å². The minimum Gasteiger partial charge on any atom is -0.392 e. The highest BCUT2D eigenvalue weighted by atomic mass is 16.6. The van der Waals surface area contributed by atoms with Crippen molar-refractivity contribution in [2.24, 2.45) is 5.92 Å². The summed E-state index contributed by atoms with van der Waals surface area (Å²) in [5, 5.41) is 32.6. The molecule has 2 aliphatic rings. The van der Waals surface area contributed by atoms with E-state index in [1.54, 1.807) is 4.90 Å². The van der Waals surface area contributed by atoms with E-state index in [0.717, 1.165) is 32.3 Å². The molecule has 0 amide bonds. The molecule has 1 aromatic rings. The molecule has 0 aliphatic carbocycles. The smallest absolute Gasteiger partial charge is 0.302 e. The van der Waals surface area contributed by atoms with Crippen LogP contribution in [0.1, 0.15) is 36.8 Å². The van der Waals surface area contributed by atoms with Crippen LogP contribution in [0.5, 0.6) is 0 Å². The molecule has 2 fully saturated rings. The van der Waals surface area contributed by atoms with E-state index in [4.69, 9.17) is 4.74 Å². The van der Waals surface area contributed by atoms with Crippen molar-refractivity contribution >= 4 is 17.1 Å². The third-order valence-corrected chi connectivity index (χ3v) is 5.51. The highest BCUT2D eigenvalue weighted by Crippen LogP contribution is 2.43. The first-order valence-corrected chi connectivity index (χ1v) is 8.86. The zero-order valence-electron chi connectivity index (χ0n) is 14.7. The van der Waals surface area contributed by atoms with E-state index >= 15 is 0 Å². The molecular formula is C17H23N3O6. The molecule has 2 heterocycles. The molecule has 1 N–H and O–H groups in total. The van der Waals surface area contributed by atoms with Gasteiger partial charge in [-0.1, -0.05) is 0 Å². The number of rotatable bonds is 5. The van der Waals surface area contributed by atoms with Crippen molar-refractivity contribution in [1.29, 1.82) is 0 Å². The van der Waals surface area contributed by atoms with Gasteiger partial charge >= 0.3 is 5.69 Å². The number of nitro groups is 2. The lowest BCUT2D eigenvalue weighted by molar-refractivity contribution is -0.393. The van der Waals surface area contributed by atoms with Crippen molar-refractivity contribution in [3.8, 4) is 0 Å². The summed E-state index contributed by atoms with van der Waals surface area (Å²) >= 11 is 0. The molecule has 2 aliphatic heterocycles. The van der Waals surface area contributed by atoms with Crippen molar-refractivity contribution in [3.63, 3.8) is 0 Å². The van der Waals surface area contributed by atoms with Gasteiger partial charge in [0.1, 0.15) is 0 Å². The van der Waals surface area contributed by atoms with Gasteiger partial charge in [0, 0.05) is 31.3 Å². The summed E-state index contributed by atoms with van der Waals surface area (Å²) in [4.78, 5) is 23.8. The number of hydrogen-bond acceptors (Lipinski definition) is 7. The SMILES string of the molecule is Cc1c(CO)cc([N+](=O)[O-])c(N2CCC(C3CCCO3)CC2)c1[N+](=O)[O-]. The number of benzene rings is 1. The standard InChI is InChI=1S/C17H23N3O6/c1-11-13(10-21)9-14(19(22)23)17(16(11)20(24)25)18-6-4-12(5-7-18)15-3-2-8-26-15/h9,12,15,21H,2-8,10H2,1H3. The number of anilines is 1. The molecule has 1 atom stereocenters. The Morgan fingerprint density at radius 2 is 1.92 bits per heavy atom. The monoisotopic (exact) mass is 365 g/mol. The van der Waals surface area contributed by atoms with Crippen molar-refractivity contribution < 1.29 is 19.7 Å². The molecule has 1 unspecified atom stereocenters. The maximum atomic E-state index is 11.7. The highest BCUT2D eigenvalue weighted by Gasteiger charge is 2.37. The average molecular weight is 365 g/mol. The van der Waals surface area contributed by atoms with Crippen LogP contribution >= 0.6 is 0 Å². The van der Waals surface area contributed by atoms with Gasteiger partial charge in [-0.05, 0) is 44.1 Å². The normalized spacial score (nSPS) is 21.2. The van der Waals surface area contributed by atoms with Gasteiger partial charge in [-0.2, -0.15) is 0 Å². The Morgan fingerprint density at radius 1 is 1.23 bits per heavy atom. The Hall–Kier alpha value is -2.26. The Balaban J connectivity index is 1.94. The third-order valence-electron chi connectivity index (χ3n) is 5.51. The summed E-state index contributed by atoms with van der Waals surface area (Å²) in [6.45, 7) is 2.86. The minimum atomic E-state index is -0.604. The van der Waals surface area contributed by atoms with Gasteiger partial charge in [0.05, 0.1) is 22.6 Å². The van der Waals surface area contributed by atoms with E-state index in [0.29, 0.717) is 19.0 Å². The van der Waals surface area contributed by atoms with E-state index in [1.165, 1.54) is 13.0 Å². The van der Waals surface area contributed by atoms with E-state index in [2.05, 4.69) is 0 Å². The molecule has 0 radical (unpaired) electrons. The van der Waals surface area contributed by atoms with Gasteiger partial charge < -0.3 is 14.7 Å². The van der Waals surface area contributed by atoms with Gasteiger partial charge in [0.25, 0.3) is 5.69 Å². The first-order chi connectivity index (χ1) is 12.4. The quantitative estimate of drug-likeness (QED) is 0.629. The second-order valence-corrected chi connectivity index (χ2v) is 6.93. The predicted molar refractivity (Wildman–Crippen MR) is 94.3 cm³/mol. The number of hydrogen-bond donors (Lipinski definition) is 1. The van der Waals surface area contributed by atoms with Crippen LogP contribution in [-0.2, 0) is 11.3 Å².